The van der Waals surface area contributed by atoms with Gasteiger partial charge in [-0.3, -0.25) is 14.4 Å². The molecule has 1 rings (SSSR count). The van der Waals surface area contributed by atoms with Crippen LogP contribution in [0.15, 0.2) is 22.7 Å². The number of carbonyl (C=O) groups is 3. The minimum atomic E-state index is -0.365. The number of rotatable bonds is 7. The second-order valence-electron chi connectivity index (χ2n) is 4.49. The molecule has 0 aromatic carbocycles. The highest BCUT2D eigenvalue weighted by molar-refractivity contribution is 6.23. The summed E-state index contributed by atoms with van der Waals surface area (Å²) in [7, 11) is 2.63. The highest BCUT2D eigenvalue weighted by Gasteiger charge is 2.34. The molecule has 6 nitrogen and oxygen atoms in total. The van der Waals surface area contributed by atoms with E-state index in [-0.39, 0.29) is 35.5 Å². The summed E-state index contributed by atoms with van der Waals surface area (Å²) in [5.74, 6) is -1.20. The molecule has 0 heterocycles. The first-order chi connectivity index (χ1) is 9.97. The van der Waals surface area contributed by atoms with Gasteiger partial charge in [0.15, 0.2) is 0 Å². The van der Waals surface area contributed by atoms with Crippen LogP contribution in [0, 0.1) is 0 Å². The van der Waals surface area contributed by atoms with Gasteiger partial charge in [0, 0.05) is 17.6 Å². The van der Waals surface area contributed by atoms with E-state index in [1.165, 1.54) is 14.2 Å². The number of hydrogen-bond donors (Lipinski definition) is 0. The number of Topliss-reactive ketones (excluding diaryl/α,β-unsaturated/α-hetero) is 2. The molecule has 0 aliphatic heterocycles. The summed E-state index contributed by atoms with van der Waals surface area (Å²) in [4.78, 5) is 35.7. The Hall–Kier alpha value is -2.11. The van der Waals surface area contributed by atoms with Gasteiger partial charge < -0.3 is 14.2 Å². The van der Waals surface area contributed by atoms with E-state index in [1.54, 1.807) is 13.8 Å². The standard InChI is InChI=1S/C15H20O6/c1-5-21-11(16)8-6-7-10-9(2)12(17)14(19-3)15(20-4)13(10)18/h5-8H2,1-4H3. The summed E-state index contributed by atoms with van der Waals surface area (Å²) in [5.41, 5.74) is 0.698. The first-order valence-electron chi connectivity index (χ1n) is 6.74. The highest BCUT2D eigenvalue weighted by Crippen LogP contribution is 2.28. The lowest BCUT2D eigenvalue weighted by atomic mass is 9.90. The van der Waals surface area contributed by atoms with Crippen LogP contribution in [0.1, 0.15) is 33.1 Å². The monoisotopic (exact) mass is 296 g/mol. The molecule has 0 fully saturated rings. The molecule has 0 atom stereocenters. The van der Waals surface area contributed by atoms with Crippen LogP contribution in [-0.4, -0.2) is 38.4 Å². The molecule has 0 bridgehead atoms. The lowest BCUT2D eigenvalue weighted by Crippen LogP contribution is -2.25. The SMILES string of the molecule is CCOC(=O)CCCC1=C(C)C(=O)C(OC)=C(OC)C1=O. The predicted octanol–water partition coefficient (Wildman–Crippen LogP) is 1.69. The summed E-state index contributed by atoms with van der Waals surface area (Å²) in [6, 6.07) is 0. The van der Waals surface area contributed by atoms with Gasteiger partial charge in [-0.25, -0.2) is 0 Å². The molecule has 0 aromatic rings. The van der Waals surface area contributed by atoms with Crippen molar-refractivity contribution in [1.82, 2.24) is 0 Å². The molecule has 0 saturated heterocycles. The van der Waals surface area contributed by atoms with Gasteiger partial charge in [-0.1, -0.05) is 0 Å². The molecular weight excluding hydrogens is 276 g/mol. The summed E-state index contributed by atoms with van der Waals surface area (Å²) in [6.07, 6.45) is 0.957. The van der Waals surface area contributed by atoms with Gasteiger partial charge in [0.1, 0.15) is 0 Å². The zero-order valence-corrected chi connectivity index (χ0v) is 12.8. The largest absolute Gasteiger partial charge is 0.489 e. The molecule has 0 amide bonds. The van der Waals surface area contributed by atoms with Crippen LogP contribution >= 0.6 is 0 Å². The number of ketones is 2. The van der Waals surface area contributed by atoms with E-state index in [1.807, 2.05) is 0 Å². The Balaban J connectivity index is 2.83. The summed E-state index contributed by atoms with van der Waals surface area (Å²) >= 11 is 0. The third-order valence-corrected chi connectivity index (χ3v) is 3.21. The van der Waals surface area contributed by atoms with Crippen LogP contribution in [0.2, 0.25) is 0 Å². The van der Waals surface area contributed by atoms with Gasteiger partial charge in [0.2, 0.25) is 23.1 Å². The summed E-state index contributed by atoms with van der Waals surface area (Å²) < 4.78 is 14.7. The van der Waals surface area contributed by atoms with Crippen LogP contribution in [0.25, 0.3) is 0 Å². The maximum atomic E-state index is 12.3. The molecule has 6 heteroatoms. The zero-order chi connectivity index (χ0) is 16.0. The molecule has 0 saturated carbocycles. The topological polar surface area (TPSA) is 78.9 Å². The minimum absolute atomic E-state index is 0.0749. The van der Waals surface area contributed by atoms with Crippen molar-refractivity contribution < 1.29 is 28.6 Å². The molecule has 0 spiro atoms. The second-order valence-corrected chi connectivity index (χ2v) is 4.49. The second kappa shape index (κ2) is 7.61. The fourth-order valence-corrected chi connectivity index (χ4v) is 2.14. The predicted molar refractivity (Wildman–Crippen MR) is 74.2 cm³/mol. The van der Waals surface area contributed by atoms with Crippen molar-refractivity contribution in [1.29, 1.82) is 0 Å². The fourth-order valence-electron chi connectivity index (χ4n) is 2.14. The maximum absolute atomic E-state index is 12.3. The molecule has 116 valence electrons. The molecule has 0 N–H and O–H groups in total. The number of allylic oxidation sites excluding steroid dienone is 2. The van der Waals surface area contributed by atoms with Crippen molar-refractivity contribution in [2.24, 2.45) is 0 Å². The number of ether oxygens (including phenoxy) is 3. The van der Waals surface area contributed by atoms with Gasteiger partial charge in [-0.2, -0.15) is 0 Å². The Bertz CT molecular complexity index is 512. The normalized spacial score (nSPS) is 15.4. The van der Waals surface area contributed by atoms with Crippen LogP contribution in [-0.2, 0) is 28.6 Å². The zero-order valence-electron chi connectivity index (χ0n) is 12.8. The lowest BCUT2D eigenvalue weighted by molar-refractivity contribution is -0.143. The minimum Gasteiger partial charge on any atom is -0.489 e. The van der Waals surface area contributed by atoms with Crippen molar-refractivity contribution in [2.75, 3.05) is 20.8 Å². The fraction of sp³-hybridized carbons (Fsp3) is 0.533. The summed E-state index contributed by atoms with van der Waals surface area (Å²) in [6.45, 7) is 3.63. The molecule has 1 aliphatic rings. The van der Waals surface area contributed by atoms with Gasteiger partial charge in [0.05, 0.1) is 20.8 Å². The van der Waals surface area contributed by atoms with E-state index in [0.717, 1.165) is 0 Å². The van der Waals surface area contributed by atoms with E-state index >= 15 is 0 Å². The first kappa shape index (κ1) is 16.9. The number of carbonyl (C=O) groups excluding carboxylic acids is 3. The number of esters is 1. The molecule has 0 unspecified atom stereocenters. The van der Waals surface area contributed by atoms with Crippen LogP contribution in [0.3, 0.4) is 0 Å². The van der Waals surface area contributed by atoms with Gasteiger partial charge in [-0.05, 0) is 26.7 Å². The average Bonchev–Trinajstić information content (AvgIpc) is 2.46. The Labute approximate surface area is 123 Å². The van der Waals surface area contributed by atoms with Gasteiger partial charge in [0.25, 0.3) is 0 Å². The van der Waals surface area contributed by atoms with E-state index in [2.05, 4.69) is 0 Å². The summed E-state index contributed by atoms with van der Waals surface area (Å²) in [5, 5.41) is 0. The van der Waals surface area contributed by atoms with Crippen molar-refractivity contribution in [2.45, 2.75) is 33.1 Å². The average molecular weight is 296 g/mol. The number of hydrogen-bond acceptors (Lipinski definition) is 6. The van der Waals surface area contributed by atoms with E-state index in [9.17, 15) is 14.4 Å². The van der Waals surface area contributed by atoms with Crippen LogP contribution in [0.4, 0.5) is 0 Å². The Morgan fingerprint density at radius 2 is 1.62 bits per heavy atom. The maximum Gasteiger partial charge on any atom is 0.305 e. The Kier molecular flexibility index (Phi) is 6.14. The number of methoxy groups -OCH3 is 2. The van der Waals surface area contributed by atoms with Crippen LogP contribution < -0.4 is 0 Å². The first-order valence-corrected chi connectivity index (χ1v) is 6.74. The smallest absolute Gasteiger partial charge is 0.305 e. The third kappa shape index (κ3) is 3.71. The Morgan fingerprint density at radius 1 is 1.05 bits per heavy atom. The highest BCUT2D eigenvalue weighted by atomic mass is 16.5. The molecule has 0 aromatic heterocycles. The van der Waals surface area contributed by atoms with Gasteiger partial charge >= 0.3 is 5.97 Å². The molecule has 21 heavy (non-hydrogen) atoms. The van der Waals surface area contributed by atoms with Crippen molar-refractivity contribution in [3.63, 3.8) is 0 Å². The van der Waals surface area contributed by atoms with Crippen molar-refractivity contribution >= 4 is 17.5 Å². The molecule has 0 radical (unpaired) electrons. The van der Waals surface area contributed by atoms with Crippen LogP contribution in [0.5, 0.6) is 0 Å². The molecular formula is C15H20O6. The van der Waals surface area contributed by atoms with Gasteiger partial charge in [-0.15, -0.1) is 0 Å². The van der Waals surface area contributed by atoms with Crippen molar-refractivity contribution in [3.05, 3.63) is 22.7 Å². The van der Waals surface area contributed by atoms with E-state index < -0.39 is 0 Å². The third-order valence-electron chi connectivity index (χ3n) is 3.21. The van der Waals surface area contributed by atoms with E-state index in [0.29, 0.717) is 30.6 Å². The van der Waals surface area contributed by atoms with E-state index in [4.69, 9.17) is 14.2 Å². The Morgan fingerprint density at radius 3 is 2.14 bits per heavy atom. The molecule has 1 aliphatic carbocycles. The quantitative estimate of drug-likeness (QED) is 0.525. The lowest BCUT2D eigenvalue weighted by Gasteiger charge is -2.20. The van der Waals surface area contributed by atoms with Crippen molar-refractivity contribution in [3.8, 4) is 0 Å².